The molecule has 1 fully saturated rings. The molecule has 1 atom stereocenters. The average molecular weight is 540 g/mol. The van der Waals surface area contributed by atoms with Crippen molar-refractivity contribution in [2.75, 3.05) is 30.4 Å². The van der Waals surface area contributed by atoms with E-state index in [1.54, 1.807) is 19.3 Å². The molecule has 1 aromatic carbocycles. The summed E-state index contributed by atoms with van der Waals surface area (Å²) in [6.45, 7) is 4.00. The van der Waals surface area contributed by atoms with E-state index in [4.69, 9.17) is 0 Å². The summed E-state index contributed by atoms with van der Waals surface area (Å²) in [6, 6.07) is 10.9. The Morgan fingerprint density at radius 3 is 2.74 bits per heavy atom. The number of pyridine rings is 1. The smallest absolute Gasteiger partial charge is 0.224 e. The summed E-state index contributed by atoms with van der Waals surface area (Å²) in [7, 11) is 1.73. The lowest BCUT2D eigenvalue weighted by Crippen LogP contribution is -2.44. The van der Waals surface area contributed by atoms with Crippen LogP contribution in [0.2, 0.25) is 0 Å². The predicted octanol–water partition coefficient (Wildman–Crippen LogP) is 3.52. The van der Waals surface area contributed by atoms with Gasteiger partial charge in [0.2, 0.25) is 5.91 Å². The number of rotatable bonds is 7. The first-order chi connectivity index (χ1) is 14.6. The molecule has 0 bridgehead atoms. The number of amides is 1. The maximum absolute atomic E-state index is 14.0. The molecule has 0 saturated carbocycles. The lowest BCUT2D eigenvalue weighted by molar-refractivity contribution is -0.116. The van der Waals surface area contributed by atoms with Crippen molar-refractivity contribution >= 4 is 47.3 Å². The normalized spacial score (nSPS) is 15.9. The summed E-state index contributed by atoms with van der Waals surface area (Å²) in [5.74, 6) is 0.832. The molecule has 1 aromatic heterocycles. The second-order valence-corrected chi connectivity index (χ2v) is 7.31. The Balaban J connectivity index is 0.00000341. The Labute approximate surface area is 199 Å². The standard InChI is InChI=1S/C22H29FN6O.HI/c1-3-5-20(30)27-17-9-7-16(8-10-17)14-26-22(24-2)28-18-11-13-29(15-18)21-19(23)6-4-12-25-21;/h4,6-10,12,18H,3,5,11,13-15H2,1-2H3,(H,27,30)(H2,24,26,28);1H. The summed E-state index contributed by atoms with van der Waals surface area (Å²) in [4.78, 5) is 22.1. The fourth-order valence-corrected chi connectivity index (χ4v) is 3.41. The van der Waals surface area contributed by atoms with Gasteiger partial charge in [0.25, 0.3) is 0 Å². The van der Waals surface area contributed by atoms with Crippen molar-refractivity contribution in [2.45, 2.75) is 38.8 Å². The molecule has 3 N–H and O–H groups in total. The highest BCUT2D eigenvalue weighted by Crippen LogP contribution is 2.20. The second kappa shape index (κ2) is 12.4. The summed E-state index contributed by atoms with van der Waals surface area (Å²) < 4.78 is 14.0. The van der Waals surface area contributed by atoms with Crippen LogP contribution in [0.15, 0.2) is 47.6 Å². The van der Waals surface area contributed by atoms with Crippen molar-refractivity contribution in [3.63, 3.8) is 0 Å². The van der Waals surface area contributed by atoms with Gasteiger partial charge in [-0.15, -0.1) is 24.0 Å². The molecule has 1 unspecified atom stereocenters. The summed E-state index contributed by atoms with van der Waals surface area (Å²) in [5, 5.41) is 9.58. The van der Waals surface area contributed by atoms with E-state index in [-0.39, 0.29) is 41.7 Å². The Hall–Kier alpha value is -2.43. The molecule has 31 heavy (non-hydrogen) atoms. The molecule has 0 aliphatic carbocycles. The molecule has 1 saturated heterocycles. The highest BCUT2D eigenvalue weighted by molar-refractivity contribution is 14.0. The number of aliphatic imine (C=N–C) groups is 1. The average Bonchev–Trinajstić information content (AvgIpc) is 3.21. The van der Waals surface area contributed by atoms with E-state index in [0.717, 1.165) is 30.6 Å². The van der Waals surface area contributed by atoms with Crippen molar-refractivity contribution in [1.82, 2.24) is 15.6 Å². The van der Waals surface area contributed by atoms with Gasteiger partial charge >= 0.3 is 0 Å². The van der Waals surface area contributed by atoms with Crippen LogP contribution in [0, 0.1) is 5.82 Å². The third kappa shape index (κ3) is 7.34. The second-order valence-electron chi connectivity index (χ2n) is 7.31. The number of aromatic nitrogens is 1. The first-order valence-corrected chi connectivity index (χ1v) is 10.3. The van der Waals surface area contributed by atoms with E-state index >= 15 is 0 Å². The van der Waals surface area contributed by atoms with Crippen molar-refractivity contribution in [1.29, 1.82) is 0 Å². The lowest BCUT2D eigenvalue weighted by atomic mass is 10.2. The van der Waals surface area contributed by atoms with Crippen molar-refractivity contribution < 1.29 is 9.18 Å². The van der Waals surface area contributed by atoms with Crippen LogP contribution in [-0.2, 0) is 11.3 Å². The van der Waals surface area contributed by atoms with Crippen LogP contribution in [0.5, 0.6) is 0 Å². The molecule has 9 heteroatoms. The van der Waals surface area contributed by atoms with Crippen LogP contribution in [0.4, 0.5) is 15.9 Å². The molecular weight excluding hydrogens is 510 g/mol. The topological polar surface area (TPSA) is 81.6 Å². The number of carbonyl (C=O) groups excluding carboxylic acids is 1. The first-order valence-electron chi connectivity index (χ1n) is 10.3. The number of halogens is 2. The maximum atomic E-state index is 14.0. The van der Waals surface area contributed by atoms with E-state index in [0.29, 0.717) is 31.3 Å². The molecule has 2 aromatic rings. The summed E-state index contributed by atoms with van der Waals surface area (Å²) >= 11 is 0. The van der Waals surface area contributed by atoms with Crippen LogP contribution in [0.3, 0.4) is 0 Å². The Kier molecular flexibility index (Phi) is 9.96. The van der Waals surface area contributed by atoms with Gasteiger partial charge in [0.1, 0.15) is 0 Å². The van der Waals surface area contributed by atoms with Gasteiger partial charge in [-0.2, -0.15) is 0 Å². The SMILES string of the molecule is CCCC(=O)Nc1ccc(CNC(=NC)NC2CCN(c3ncccc3F)C2)cc1.I. The largest absolute Gasteiger partial charge is 0.352 e. The van der Waals surface area contributed by atoms with Gasteiger partial charge < -0.3 is 20.9 Å². The number of guanidine groups is 1. The maximum Gasteiger partial charge on any atom is 0.224 e. The fraction of sp³-hybridized carbons (Fsp3) is 0.409. The monoisotopic (exact) mass is 540 g/mol. The van der Waals surface area contributed by atoms with E-state index in [9.17, 15) is 9.18 Å². The minimum atomic E-state index is -0.296. The van der Waals surface area contributed by atoms with Crippen molar-refractivity contribution in [3.8, 4) is 0 Å². The Morgan fingerprint density at radius 2 is 2.06 bits per heavy atom. The van der Waals surface area contributed by atoms with Gasteiger partial charge in [-0.25, -0.2) is 9.37 Å². The van der Waals surface area contributed by atoms with Crippen molar-refractivity contribution in [3.05, 3.63) is 54.0 Å². The Morgan fingerprint density at radius 1 is 1.29 bits per heavy atom. The number of anilines is 2. The third-order valence-electron chi connectivity index (χ3n) is 4.97. The van der Waals surface area contributed by atoms with E-state index in [1.165, 1.54) is 6.07 Å². The van der Waals surface area contributed by atoms with E-state index in [2.05, 4.69) is 25.9 Å². The van der Waals surface area contributed by atoms with Gasteiger partial charge in [-0.3, -0.25) is 9.79 Å². The summed E-state index contributed by atoms with van der Waals surface area (Å²) in [6.07, 6.45) is 3.84. The zero-order valence-corrected chi connectivity index (χ0v) is 20.2. The molecule has 1 amide bonds. The van der Waals surface area contributed by atoms with Gasteiger partial charge in [-0.05, 0) is 42.7 Å². The van der Waals surface area contributed by atoms with Crippen LogP contribution >= 0.6 is 24.0 Å². The molecule has 1 aliphatic heterocycles. The van der Waals surface area contributed by atoms with Crippen LogP contribution < -0.4 is 20.9 Å². The van der Waals surface area contributed by atoms with Crippen LogP contribution in [0.1, 0.15) is 31.7 Å². The highest BCUT2D eigenvalue weighted by Gasteiger charge is 2.25. The van der Waals surface area contributed by atoms with Gasteiger partial charge in [0, 0.05) is 51.0 Å². The molecule has 0 radical (unpaired) electrons. The Bertz CT molecular complexity index is 877. The lowest BCUT2D eigenvalue weighted by Gasteiger charge is -2.20. The number of nitrogens with one attached hydrogen (secondary N) is 3. The zero-order chi connectivity index (χ0) is 21.3. The minimum absolute atomic E-state index is 0. The number of benzene rings is 1. The van der Waals surface area contributed by atoms with Gasteiger partial charge in [-0.1, -0.05) is 19.1 Å². The molecule has 168 valence electrons. The zero-order valence-electron chi connectivity index (χ0n) is 17.9. The molecule has 3 rings (SSSR count). The van der Waals surface area contributed by atoms with Crippen LogP contribution in [-0.4, -0.2) is 43.0 Å². The van der Waals surface area contributed by atoms with E-state index in [1.807, 2.05) is 36.1 Å². The predicted molar refractivity (Wildman–Crippen MR) is 134 cm³/mol. The number of carbonyl (C=O) groups is 1. The third-order valence-corrected chi connectivity index (χ3v) is 4.97. The molecule has 2 heterocycles. The highest BCUT2D eigenvalue weighted by atomic mass is 127. The number of hydrogen-bond donors (Lipinski definition) is 3. The quantitative estimate of drug-likeness (QED) is 0.285. The molecule has 7 nitrogen and oxygen atoms in total. The number of hydrogen-bond acceptors (Lipinski definition) is 4. The van der Waals surface area contributed by atoms with Gasteiger partial charge in [0.15, 0.2) is 17.6 Å². The molecular formula is C22H30FIN6O. The molecule has 1 aliphatic rings. The van der Waals surface area contributed by atoms with E-state index < -0.39 is 0 Å². The van der Waals surface area contributed by atoms with Crippen molar-refractivity contribution in [2.24, 2.45) is 4.99 Å². The van der Waals surface area contributed by atoms with Crippen LogP contribution in [0.25, 0.3) is 0 Å². The van der Waals surface area contributed by atoms with Gasteiger partial charge in [0.05, 0.1) is 0 Å². The molecule has 0 spiro atoms. The summed E-state index contributed by atoms with van der Waals surface area (Å²) in [5.41, 5.74) is 1.88. The fourth-order valence-electron chi connectivity index (χ4n) is 3.41. The first kappa shape index (κ1) is 24.8. The minimum Gasteiger partial charge on any atom is -0.352 e. The number of nitrogens with zero attached hydrogens (tertiary/aromatic N) is 3.